The smallest absolute Gasteiger partial charge is 0.475 e. The first kappa shape index (κ1) is 32.4. The molecule has 0 aliphatic carbocycles. The van der Waals surface area contributed by atoms with Gasteiger partial charge in [0.1, 0.15) is 0 Å². The average Bonchev–Trinajstić information content (AvgIpc) is 3.44. The predicted octanol–water partition coefficient (Wildman–Crippen LogP) is 3.07. The zero-order valence-corrected chi connectivity index (χ0v) is 22.0. The second-order valence-corrected chi connectivity index (χ2v) is 11.8. The average molecular weight is 607 g/mol. The van der Waals surface area contributed by atoms with Crippen molar-refractivity contribution in [1.82, 2.24) is 19.2 Å². The summed E-state index contributed by atoms with van der Waals surface area (Å²) in [5, 5.41) is 16.9. The Morgan fingerprint density at radius 1 is 0.949 bits per heavy atom. The number of hydrogen-bond acceptors (Lipinski definition) is 8. The molecule has 18 heteroatoms. The standard InChI is InChI=1S/C17H22N4O2S2.2C2HF3O2/c1-12-4-3-5-15(18-12)8-20-6-14-7-21(25(22,23)17(14)10-20)9-16-11-24-13(2)19-16;2*3-2(4,5)1(6)7/h3-5,11,14,17H,6-10H2,1-2H3;2*(H,6,7). The largest absolute Gasteiger partial charge is 0.490 e. The number of nitrogens with zero attached hydrogens (tertiary/aromatic N) is 4. The van der Waals surface area contributed by atoms with Crippen LogP contribution in [0, 0.1) is 19.8 Å². The lowest BCUT2D eigenvalue weighted by atomic mass is 10.1. The van der Waals surface area contributed by atoms with E-state index in [1.165, 1.54) is 0 Å². The predicted molar refractivity (Wildman–Crippen MR) is 125 cm³/mol. The molecule has 2 atom stereocenters. The number of hydrogen-bond donors (Lipinski definition) is 2. The van der Waals surface area contributed by atoms with Crippen molar-refractivity contribution >= 4 is 33.3 Å². The molecule has 0 saturated carbocycles. The first-order chi connectivity index (χ1) is 17.8. The number of aryl methyl sites for hydroxylation is 2. The minimum atomic E-state index is -5.08. The SMILES string of the molecule is Cc1cccc(CN2CC3CN(Cc4csc(C)n4)S(=O)(=O)C3C2)n1.O=C(O)C(F)(F)F.O=C(O)C(F)(F)F. The van der Waals surface area contributed by atoms with Gasteiger partial charge in [0.2, 0.25) is 10.0 Å². The topological polar surface area (TPSA) is 141 Å². The number of aliphatic carboxylic acids is 2. The second-order valence-electron chi connectivity index (χ2n) is 8.56. The summed E-state index contributed by atoms with van der Waals surface area (Å²) in [6.07, 6.45) is -10.2. The molecule has 2 aliphatic heterocycles. The zero-order chi connectivity index (χ0) is 29.8. The Labute approximate surface area is 222 Å². The molecule has 0 spiro atoms. The quantitative estimate of drug-likeness (QED) is 0.503. The summed E-state index contributed by atoms with van der Waals surface area (Å²) in [7, 11) is -3.25. The van der Waals surface area contributed by atoms with Crippen molar-refractivity contribution in [3.8, 4) is 0 Å². The Morgan fingerprint density at radius 2 is 1.51 bits per heavy atom. The summed E-state index contributed by atoms with van der Waals surface area (Å²) in [6, 6.07) is 5.99. The number of fused-ring (bicyclic) bond motifs is 1. The number of alkyl halides is 6. The van der Waals surface area contributed by atoms with Crippen LogP contribution in [0.25, 0.3) is 0 Å². The lowest BCUT2D eigenvalue weighted by Crippen LogP contribution is -2.34. The number of carbonyl (C=O) groups is 2. The lowest BCUT2D eigenvalue weighted by molar-refractivity contribution is -0.193. The third kappa shape index (κ3) is 9.40. The van der Waals surface area contributed by atoms with Crippen molar-refractivity contribution in [3.63, 3.8) is 0 Å². The van der Waals surface area contributed by atoms with Gasteiger partial charge >= 0.3 is 24.3 Å². The summed E-state index contributed by atoms with van der Waals surface area (Å²) in [6.45, 7) is 7.04. The Morgan fingerprint density at radius 3 is 1.95 bits per heavy atom. The highest BCUT2D eigenvalue weighted by molar-refractivity contribution is 7.90. The van der Waals surface area contributed by atoms with Crippen LogP contribution in [0.15, 0.2) is 23.6 Å². The van der Waals surface area contributed by atoms with E-state index in [2.05, 4.69) is 14.9 Å². The Hall–Kier alpha value is -2.83. The molecule has 2 aromatic heterocycles. The zero-order valence-electron chi connectivity index (χ0n) is 20.4. The van der Waals surface area contributed by atoms with Gasteiger partial charge in [-0.1, -0.05) is 6.07 Å². The summed E-state index contributed by atoms with van der Waals surface area (Å²) in [5.74, 6) is -5.34. The van der Waals surface area contributed by atoms with Crippen LogP contribution < -0.4 is 0 Å². The molecule has 0 bridgehead atoms. The van der Waals surface area contributed by atoms with Gasteiger partial charge < -0.3 is 10.2 Å². The van der Waals surface area contributed by atoms with Gasteiger partial charge in [-0.05, 0) is 26.0 Å². The van der Waals surface area contributed by atoms with Crippen LogP contribution in [-0.2, 0) is 32.7 Å². The molecule has 2 unspecified atom stereocenters. The molecule has 0 amide bonds. The molecule has 2 aromatic rings. The van der Waals surface area contributed by atoms with Gasteiger partial charge in [-0.15, -0.1) is 11.3 Å². The van der Waals surface area contributed by atoms with E-state index in [0.29, 0.717) is 19.6 Å². The first-order valence-electron chi connectivity index (χ1n) is 11.0. The Kier molecular flexibility index (Phi) is 10.4. The number of carboxylic acids is 2. The molecular formula is C21H24F6N4O6S2. The molecular weight excluding hydrogens is 582 g/mol. The summed E-state index contributed by atoms with van der Waals surface area (Å²) in [4.78, 5) is 29.0. The van der Waals surface area contributed by atoms with Crippen LogP contribution >= 0.6 is 11.3 Å². The van der Waals surface area contributed by atoms with E-state index in [1.54, 1.807) is 15.6 Å². The number of halogens is 6. The summed E-state index contributed by atoms with van der Waals surface area (Å²) >= 11 is 1.56. The van der Waals surface area contributed by atoms with Gasteiger partial charge in [0.05, 0.1) is 28.2 Å². The van der Waals surface area contributed by atoms with Gasteiger partial charge in [0.15, 0.2) is 0 Å². The highest BCUT2D eigenvalue weighted by Gasteiger charge is 2.51. The molecule has 4 heterocycles. The van der Waals surface area contributed by atoms with Crippen molar-refractivity contribution in [2.24, 2.45) is 5.92 Å². The molecule has 2 saturated heterocycles. The molecule has 4 rings (SSSR count). The number of thiazole rings is 1. The van der Waals surface area contributed by atoms with E-state index in [1.807, 2.05) is 37.4 Å². The normalized spacial score (nSPS) is 20.8. The molecule has 0 aromatic carbocycles. The van der Waals surface area contributed by atoms with Crippen LogP contribution in [0.1, 0.15) is 22.1 Å². The number of carboxylic acid groups (broad SMARTS) is 2. The van der Waals surface area contributed by atoms with Crippen LogP contribution in [0.2, 0.25) is 0 Å². The van der Waals surface area contributed by atoms with E-state index in [0.717, 1.165) is 35.2 Å². The fraction of sp³-hybridized carbons (Fsp3) is 0.524. The molecule has 39 heavy (non-hydrogen) atoms. The number of sulfonamides is 1. The van der Waals surface area contributed by atoms with Crippen LogP contribution in [0.4, 0.5) is 26.3 Å². The lowest BCUT2D eigenvalue weighted by Gasteiger charge is -2.20. The monoisotopic (exact) mass is 606 g/mol. The third-order valence-corrected chi connectivity index (χ3v) is 8.58. The van der Waals surface area contributed by atoms with Crippen LogP contribution in [0.5, 0.6) is 0 Å². The summed E-state index contributed by atoms with van der Waals surface area (Å²) in [5.41, 5.74) is 2.85. The highest BCUT2D eigenvalue weighted by atomic mass is 32.2. The molecule has 218 valence electrons. The van der Waals surface area contributed by atoms with E-state index in [-0.39, 0.29) is 11.2 Å². The van der Waals surface area contributed by atoms with Crippen molar-refractivity contribution in [2.75, 3.05) is 19.6 Å². The molecule has 10 nitrogen and oxygen atoms in total. The van der Waals surface area contributed by atoms with E-state index in [4.69, 9.17) is 19.8 Å². The van der Waals surface area contributed by atoms with E-state index in [9.17, 15) is 34.8 Å². The number of rotatable bonds is 4. The Bertz CT molecular complexity index is 1240. The van der Waals surface area contributed by atoms with Crippen molar-refractivity contribution in [1.29, 1.82) is 0 Å². The maximum Gasteiger partial charge on any atom is 0.490 e. The van der Waals surface area contributed by atoms with Crippen molar-refractivity contribution < 1.29 is 54.6 Å². The Balaban J connectivity index is 0.000000317. The maximum atomic E-state index is 12.9. The molecule has 0 radical (unpaired) electrons. The fourth-order valence-electron chi connectivity index (χ4n) is 3.86. The first-order valence-corrected chi connectivity index (χ1v) is 13.3. The number of likely N-dealkylation sites (tertiary alicyclic amines) is 1. The van der Waals surface area contributed by atoms with Gasteiger partial charge in [0.25, 0.3) is 0 Å². The summed E-state index contributed by atoms with van der Waals surface area (Å²) < 4.78 is 90.9. The third-order valence-electron chi connectivity index (χ3n) is 5.46. The van der Waals surface area contributed by atoms with Crippen LogP contribution in [-0.4, -0.2) is 87.0 Å². The maximum absolute atomic E-state index is 12.9. The fourth-order valence-corrected chi connectivity index (χ4v) is 6.61. The second kappa shape index (κ2) is 12.6. The van der Waals surface area contributed by atoms with Gasteiger partial charge in [-0.3, -0.25) is 9.88 Å². The van der Waals surface area contributed by atoms with E-state index < -0.39 is 34.3 Å². The van der Waals surface area contributed by atoms with Crippen molar-refractivity contribution in [2.45, 2.75) is 44.5 Å². The minimum Gasteiger partial charge on any atom is -0.475 e. The van der Waals surface area contributed by atoms with Crippen LogP contribution in [0.3, 0.4) is 0 Å². The molecule has 2 fully saturated rings. The van der Waals surface area contributed by atoms with E-state index >= 15 is 0 Å². The highest BCUT2D eigenvalue weighted by Crippen LogP contribution is 2.35. The van der Waals surface area contributed by atoms with Gasteiger partial charge in [-0.25, -0.2) is 23.0 Å². The van der Waals surface area contributed by atoms with Gasteiger partial charge in [0, 0.05) is 43.2 Å². The molecule has 2 aliphatic rings. The minimum absolute atomic E-state index is 0.176. The molecule has 2 N–H and O–H groups in total. The van der Waals surface area contributed by atoms with Gasteiger partial charge in [-0.2, -0.15) is 30.6 Å². The number of pyridine rings is 1. The van der Waals surface area contributed by atoms with Crippen molar-refractivity contribution in [3.05, 3.63) is 45.7 Å². The number of aromatic nitrogens is 2.